The predicted molar refractivity (Wildman–Crippen MR) is 157 cm³/mol. The van der Waals surface area contributed by atoms with Crippen LogP contribution in [0.15, 0.2) is 54.6 Å². The molecule has 3 atom stereocenters. The third-order valence-corrected chi connectivity index (χ3v) is 6.85. The zero-order valence-corrected chi connectivity index (χ0v) is 24.4. The van der Waals surface area contributed by atoms with Gasteiger partial charge in [-0.25, -0.2) is 0 Å². The van der Waals surface area contributed by atoms with Crippen LogP contribution >= 0.6 is 0 Å². The van der Waals surface area contributed by atoms with Gasteiger partial charge in [-0.15, -0.1) is 0 Å². The monoisotopic (exact) mass is 565 g/mol. The molecule has 2 aromatic rings. The first-order chi connectivity index (χ1) is 19.6. The highest BCUT2D eigenvalue weighted by Crippen LogP contribution is 2.19. The molecule has 2 aromatic carbocycles. The van der Waals surface area contributed by atoms with Gasteiger partial charge >= 0.3 is 0 Å². The van der Waals surface area contributed by atoms with Crippen LogP contribution in [-0.2, 0) is 20.8 Å². The fourth-order valence-corrected chi connectivity index (χ4v) is 4.60. The summed E-state index contributed by atoms with van der Waals surface area (Å²) in [5.74, 6) is -1.73. The Morgan fingerprint density at radius 3 is 2.39 bits per heavy atom. The Hall–Kier alpha value is -3.92. The topological polar surface area (TPSA) is 129 Å². The van der Waals surface area contributed by atoms with Gasteiger partial charge in [0.15, 0.2) is 0 Å². The number of carbonyl (C=O) groups is 4. The summed E-state index contributed by atoms with van der Waals surface area (Å²) in [4.78, 5) is 55.1. The Balaban J connectivity index is 1.85. The number of hydrogen-bond donors (Lipinski definition) is 4. The van der Waals surface area contributed by atoms with Gasteiger partial charge in [-0.1, -0.05) is 56.3 Å². The van der Waals surface area contributed by atoms with Crippen molar-refractivity contribution in [2.75, 3.05) is 33.8 Å². The van der Waals surface area contributed by atoms with Gasteiger partial charge in [0.2, 0.25) is 17.7 Å². The molecule has 0 saturated carbocycles. The molecule has 3 rings (SSSR count). The highest BCUT2D eigenvalue weighted by atomic mass is 16.5. The van der Waals surface area contributed by atoms with Crippen molar-refractivity contribution >= 4 is 23.6 Å². The number of hydrogen-bond acceptors (Lipinski definition) is 6. The molecular weight excluding hydrogens is 522 g/mol. The summed E-state index contributed by atoms with van der Waals surface area (Å²) in [6.07, 6.45) is 1.83. The number of nitrogens with zero attached hydrogens (tertiary/aromatic N) is 1. The first-order valence-corrected chi connectivity index (χ1v) is 14.2. The number of amides is 4. The van der Waals surface area contributed by atoms with E-state index in [1.807, 2.05) is 58.3 Å². The summed E-state index contributed by atoms with van der Waals surface area (Å²) in [7, 11) is 3.97. The van der Waals surface area contributed by atoms with Crippen molar-refractivity contribution in [3.8, 4) is 5.75 Å². The zero-order chi connectivity index (χ0) is 29.8. The molecule has 0 saturated heterocycles. The number of benzene rings is 2. The molecule has 0 bridgehead atoms. The Bertz CT molecular complexity index is 1170. The van der Waals surface area contributed by atoms with Crippen LogP contribution in [0.5, 0.6) is 5.75 Å². The Morgan fingerprint density at radius 2 is 1.68 bits per heavy atom. The maximum Gasteiger partial charge on any atom is 0.255 e. The minimum Gasteiger partial charge on any atom is -0.491 e. The average Bonchev–Trinajstić information content (AvgIpc) is 2.93. The molecule has 10 heteroatoms. The molecule has 222 valence electrons. The number of nitrogens with one attached hydrogen (secondary N) is 4. The first-order valence-electron chi connectivity index (χ1n) is 14.2. The van der Waals surface area contributed by atoms with Gasteiger partial charge in [-0.05, 0) is 63.5 Å². The van der Waals surface area contributed by atoms with Crippen molar-refractivity contribution in [1.82, 2.24) is 26.2 Å². The lowest BCUT2D eigenvalue weighted by atomic mass is 10.0. The van der Waals surface area contributed by atoms with E-state index >= 15 is 0 Å². The van der Waals surface area contributed by atoms with Gasteiger partial charge < -0.3 is 30.9 Å². The van der Waals surface area contributed by atoms with E-state index in [0.29, 0.717) is 18.7 Å². The molecule has 0 fully saturated rings. The van der Waals surface area contributed by atoms with Crippen molar-refractivity contribution < 1.29 is 23.9 Å². The normalized spacial score (nSPS) is 20.2. The van der Waals surface area contributed by atoms with Crippen molar-refractivity contribution in [2.24, 2.45) is 5.92 Å². The van der Waals surface area contributed by atoms with Crippen LogP contribution in [0.2, 0.25) is 0 Å². The van der Waals surface area contributed by atoms with Crippen molar-refractivity contribution in [3.05, 3.63) is 65.7 Å². The van der Waals surface area contributed by atoms with E-state index in [4.69, 9.17) is 4.74 Å². The fourth-order valence-electron chi connectivity index (χ4n) is 4.60. The number of fused-ring (bicyclic) bond motifs is 1. The number of carbonyl (C=O) groups excluding carboxylic acids is 4. The van der Waals surface area contributed by atoms with Gasteiger partial charge in [0.25, 0.3) is 5.91 Å². The highest BCUT2D eigenvalue weighted by molar-refractivity contribution is 6.01. The molecule has 0 spiro atoms. The quantitative estimate of drug-likeness (QED) is 0.344. The minimum atomic E-state index is -1.13. The molecule has 0 radical (unpaired) electrons. The molecule has 0 aromatic heterocycles. The zero-order valence-electron chi connectivity index (χ0n) is 24.4. The maximum atomic E-state index is 13.4. The second-order valence-electron chi connectivity index (χ2n) is 11.0. The van der Waals surface area contributed by atoms with E-state index in [2.05, 4.69) is 26.2 Å². The summed E-state index contributed by atoms with van der Waals surface area (Å²) >= 11 is 0. The molecule has 1 heterocycles. The number of para-hydroxylation sites is 1. The van der Waals surface area contributed by atoms with Crippen LogP contribution in [0.25, 0.3) is 0 Å². The number of unbranched alkanes of at least 4 members (excludes halogenated alkanes) is 1. The summed E-state index contributed by atoms with van der Waals surface area (Å²) in [6, 6.07) is 14.0. The van der Waals surface area contributed by atoms with Crippen LogP contribution in [0.3, 0.4) is 0 Å². The van der Waals surface area contributed by atoms with Crippen molar-refractivity contribution in [1.29, 1.82) is 0 Å². The van der Waals surface area contributed by atoms with Crippen LogP contribution in [0.1, 0.15) is 49.0 Å². The first kappa shape index (κ1) is 31.6. The lowest BCUT2D eigenvalue weighted by Gasteiger charge is -2.27. The third-order valence-electron chi connectivity index (χ3n) is 6.85. The highest BCUT2D eigenvalue weighted by Gasteiger charge is 2.31. The molecule has 4 amide bonds. The van der Waals surface area contributed by atoms with Gasteiger partial charge in [-0.3, -0.25) is 19.2 Å². The molecule has 10 nitrogen and oxygen atoms in total. The predicted octanol–water partition coefficient (Wildman–Crippen LogP) is 1.89. The number of rotatable bonds is 9. The SMILES string of the molecule is CC(C)[C@@H]1NC(=O)C[C@@H](C(=O)NCCCCN(C)C)NC(=O)c2ccccc2OC[C@@H](Cc2ccccc2)NC1=O. The van der Waals surface area contributed by atoms with Crippen LogP contribution in [0.4, 0.5) is 0 Å². The average molecular weight is 566 g/mol. The van der Waals surface area contributed by atoms with Crippen LogP contribution in [-0.4, -0.2) is 80.4 Å². The van der Waals surface area contributed by atoms with E-state index in [1.165, 1.54) is 0 Å². The molecule has 4 N–H and O–H groups in total. The molecule has 0 unspecified atom stereocenters. The Kier molecular flexibility index (Phi) is 12.1. The number of ether oxygens (including phenoxy) is 1. The van der Waals surface area contributed by atoms with Gasteiger partial charge in [0.1, 0.15) is 24.4 Å². The fraction of sp³-hybridized carbons (Fsp3) is 0.484. The Labute approximate surface area is 242 Å². The van der Waals surface area contributed by atoms with E-state index in [-0.39, 0.29) is 30.4 Å². The second-order valence-corrected chi connectivity index (χ2v) is 11.0. The third kappa shape index (κ3) is 10.2. The summed E-state index contributed by atoms with van der Waals surface area (Å²) in [6.45, 7) is 5.08. The summed E-state index contributed by atoms with van der Waals surface area (Å²) < 4.78 is 6.09. The van der Waals surface area contributed by atoms with Gasteiger partial charge in [0.05, 0.1) is 18.0 Å². The van der Waals surface area contributed by atoms with Crippen molar-refractivity contribution in [3.63, 3.8) is 0 Å². The van der Waals surface area contributed by atoms with Crippen LogP contribution in [0, 0.1) is 5.92 Å². The van der Waals surface area contributed by atoms with Gasteiger partial charge in [0, 0.05) is 6.54 Å². The molecule has 1 aliphatic heterocycles. The Morgan fingerprint density at radius 1 is 0.976 bits per heavy atom. The lowest BCUT2D eigenvalue weighted by Crippen LogP contribution is -2.55. The van der Waals surface area contributed by atoms with E-state index in [1.54, 1.807) is 24.3 Å². The smallest absolute Gasteiger partial charge is 0.255 e. The molecular formula is C31H43N5O5. The second kappa shape index (κ2) is 15.8. The standard InChI is InChI=1S/C31H43N5O5/c1-21(2)28-31(40)33-23(18-22-12-6-5-7-13-22)20-41-26-15-9-8-14-24(26)29(38)34-25(19-27(37)35-28)30(39)32-16-10-11-17-36(3)4/h5-9,12-15,21,23,25,28H,10-11,16-20H2,1-4H3,(H,32,39)(H,33,40)(H,34,38)(H,35,37)/t23-,25+,28+/m1/s1. The summed E-state index contributed by atoms with van der Waals surface area (Å²) in [5.41, 5.74) is 1.24. The van der Waals surface area contributed by atoms with E-state index < -0.39 is 35.8 Å². The van der Waals surface area contributed by atoms with E-state index in [0.717, 1.165) is 24.9 Å². The van der Waals surface area contributed by atoms with Crippen molar-refractivity contribution in [2.45, 2.75) is 57.7 Å². The van der Waals surface area contributed by atoms with Gasteiger partial charge in [-0.2, -0.15) is 0 Å². The lowest BCUT2D eigenvalue weighted by molar-refractivity contribution is -0.132. The minimum absolute atomic E-state index is 0.0978. The molecule has 1 aliphatic rings. The van der Waals surface area contributed by atoms with Crippen LogP contribution < -0.4 is 26.0 Å². The molecule has 41 heavy (non-hydrogen) atoms. The van der Waals surface area contributed by atoms with E-state index in [9.17, 15) is 19.2 Å². The molecule has 0 aliphatic carbocycles. The maximum absolute atomic E-state index is 13.4. The largest absolute Gasteiger partial charge is 0.491 e. The summed E-state index contributed by atoms with van der Waals surface area (Å²) in [5, 5.41) is 11.4.